The fourth-order valence-corrected chi connectivity index (χ4v) is 4.53. The maximum atomic E-state index is 12.7. The second-order valence-electron chi connectivity index (χ2n) is 7.22. The number of fused-ring (bicyclic) bond motifs is 1. The number of carbonyl (C=O) groups excluding carboxylic acids is 2. The van der Waals surface area contributed by atoms with Crippen molar-refractivity contribution in [3.05, 3.63) is 51.8 Å². The SMILES string of the molecule is COC(=O)Cn1c(=NC(=O)/C=C\c2cc(OC)c(OC)c(OC)c2)sc2c(C)cc(C)cc21. The van der Waals surface area contributed by atoms with Crippen molar-refractivity contribution in [2.75, 3.05) is 28.4 Å². The summed E-state index contributed by atoms with van der Waals surface area (Å²) in [5, 5.41) is 0. The summed E-state index contributed by atoms with van der Waals surface area (Å²) < 4.78 is 23.5. The standard InChI is InChI=1S/C24H26N2O6S/c1-14-9-15(2)23-17(10-14)26(13-21(28)31-5)24(33-23)25-20(27)8-7-16-11-18(29-3)22(32-6)19(12-16)30-4/h7-12H,13H2,1-6H3/b8-7-,25-24?. The molecule has 0 aliphatic heterocycles. The number of thiazole rings is 1. The first-order valence-corrected chi connectivity index (χ1v) is 10.9. The van der Waals surface area contributed by atoms with Gasteiger partial charge in [0.1, 0.15) is 6.54 Å². The van der Waals surface area contributed by atoms with Crippen LogP contribution < -0.4 is 19.0 Å². The number of benzene rings is 2. The number of hydrogen-bond acceptors (Lipinski definition) is 7. The smallest absolute Gasteiger partial charge is 0.325 e. The van der Waals surface area contributed by atoms with E-state index in [0.717, 1.165) is 21.3 Å². The molecule has 0 atom stereocenters. The van der Waals surface area contributed by atoms with E-state index in [1.54, 1.807) is 22.8 Å². The first-order chi connectivity index (χ1) is 15.8. The number of aryl methyl sites for hydroxylation is 2. The van der Waals surface area contributed by atoms with E-state index in [2.05, 4.69) is 11.1 Å². The van der Waals surface area contributed by atoms with Crippen LogP contribution in [-0.4, -0.2) is 44.9 Å². The van der Waals surface area contributed by atoms with Crippen molar-refractivity contribution in [1.82, 2.24) is 4.57 Å². The molecule has 0 saturated carbocycles. The van der Waals surface area contributed by atoms with Crippen molar-refractivity contribution in [3.8, 4) is 17.2 Å². The van der Waals surface area contributed by atoms with Gasteiger partial charge in [-0.2, -0.15) is 4.99 Å². The summed E-state index contributed by atoms with van der Waals surface area (Å²) in [7, 11) is 5.90. The molecule has 33 heavy (non-hydrogen) atoms. The Morgan fingerprint density at radius 1 is 1.00 bits per heavy atom. The molecule has 1 heterocycles. The average Bonchev–Trinajstić information content (AvgIpc) is 3.13. The van der Waals surface area contributed by atoms with Gasteiger partial charge < -0.3 is 23.5 Å². The van der Waals surface area contributed by atoms with Crippen molar-refractivity contribution >= 4 is 39.5 Å². The summed E-state index contributed by atoms with van der Waals surface area (Å²) in [4.78, 5) is 29.4. The van der Waals surface area contributed by atoms with Gasteiger partial charge in [0.2, 0.25) is 5.75 Å². The van der Waals surface area contributed by atoms with Crippen LogP contribution in [0.2, 0.25) is 0 Å². The van der Waals surface area contributed by atoms with Gasteiger partial charge in [0.25, 0.3) is 5.91 Å². The summed E-state index contributed by atoms with van der Waals surface area (Å²) in [5.74, 6) is 0.534. The van der Waals surface area contributed by atoms with Crippen molar-refractivity contribution < 1.29 is 28.5 Å². The number of methoxy groups -OCH3 is 4. The number of aromatic nitrogens is 1. The Morgan fingerprint density at radius 3 is 2.24 bits per heavy atom. The van der Waals surface area contributed by atoms with Gasteiger partial charge >= 0.3 is 5.97 Å². The molecule has 9 heteroatoms. The van der Waals surface area contributed by atoms with Crippen LogP contribution in [0.15, 0.2) is 35.3 Å². The third-order valence-corrected chi connectivity index (χ3v) is 6.17. The molecule has 0 radical (unpaired) electrons. The molecule has 0 bridgehead atoms. The third-order valence-electron chi connectivity index (χ3n) is 4.94. The molecule has 2 aromatic carbocycles. The van der Waals surface area contributed by atoms with Crippen LogP contribution >= 0.6 is 11.3 Å². The predicted molar refractivity (Wildman–Crippen MR) is 127 cm³/mol. The number of rotatable bonds is 7. The average molecular weight is 471 g/mol. The van der Waals surface area contributed by atoms with Crippen molar-refractivity contribution in [3.63, 3.8) is 0 Å². The lowest BCUT2D eigenvalue weighted by Gasteiger charge is -2.12. The van der Waals surface area contributed by atoms with Gasteiger partial charge in [-0.05, 0) is 54.8 Å². The number of amides is 1. The molecule has 174 valence electrons. The lowest BCUT2D eigenvalue weighted by atomic mass is 10.1. The highest BCUT2D eigenvalue weighted by Gasteiger charge is 2.14. The highest BCUT2D eigenvalue weighted by atomic mass is 32.1. The molecular weight excluding hydrogens is 444 g/mol. The van der Waals surface area contributed by atoms with E-state index in [9.17, 15) is 9.59 Å². The van der Waals surface area contributed by atoms with E-state index in [0.29, 0.717) is 27.6 Å². The lowest BCUT2D eigenvalue weighted by Crippen LogP contribution is -2.22. The molecular formula is C24H26N2O6S. The van der Waals surface area contributed by atoms with Crippen LogP contribution in [0.1, 0.15) is 16.7 Å². The van der Waals surface area contributed by atoms with Crippen molar-refractivity contribution in [1.29, 1.82) is 0 Å². The molecule has 0 aliphatic rings. The van der Waals surface area contributed by atoms with E-state index in [1.165, 1.54) is 45.9 Å². The summed E-state index contributed by atoms with van der Waals surface area (Å²) in [6.07, 6.45) is 2.97. The summed E-state index contributed by atoms with van der Waals surface area (Å²) in [6, 6.07) is 7.48. The van der Waals surface area contributed by atoms with Crippen LogP contribution in [0.3, 0.4) is 0 Å². The van der Waals surface area contributed by atoms with Crippen molar-refractivity contribution in [2.45, 2.75) is 20.4 Å². The fourth-order valence-electron chi connectivity index (χ4n) is 3.44. The number of hydrogen-bond donors (Lipinski definition) is 0. The van der Waals surface area contributed by atoms with Crippen LogP contribution in [0.5, 0.6) is 17.2 Å². The van der Waals surface area contributed by atoms with Crippen LogP contribution in [0.4, 0.5) is 0 Å². The third kappa shape index (κ3) is 5.25. The fraction of sp³-hybridized carbons (Fsp3) is 0.292. The number of ether oxygens (including phenoxy) is 4. The van der Waals surface area contributed by atoms with Gasteiger partial charge in [0.05, 0.1) is 38.7 Å². The maximum Gasteiger partial charge on any atom is 0.325 e. The summed E-state index contributed by atoms with van der Waals surface area (Å²) in [6.45, 7) is 3.93. The Bertz CT molecular complexity index is 1280. The molecule has 1 aromatic heterocycles. The van der Waals surface area contributed by atoms with E-state index >= 15 is 0 Å². The molecule has 0 unspecified atom stereocenters. The topological polar surface area (TPSA) is 88.4 Å². The number of nitrogens with zero attached hydrogens (tertiary/aromatic N) is 2. The van der Waals surface area contributed by atoms with Gasteiger partial charge in [-0.1, -0.05) is 17.4 Å². The molecule has 0 N–H and O–H groups in total. The number of carbonyl (C=O) groups is 2. The molecule has 3 rings (SSSR count). The monoisotopic (exact) mass is 470 g/mol. The van der Waals surface area contributed by atoms with E-state index in [1.807, 2.05) is 19.9 Å². The minimum atomic E-state index is -0.469. The first kappa shape index (κ1) is 24.1. The second kappa shape index (κ2) is 10.4. The number of esters is 1. The van der Waals surface area contributed by atoms with E-state index in [4.69, 9.17) is 18.9 Å². The van der Waals surface area contributed by atoms with E-state index in [-0.39, 0.29) is 6.54 Å². The summed E-state index contributed by atoms with van der Waals surface area (Å²) in [5.41, 5.74) is 3.62. The Hall–Kier alpha value is -3.59. The maximum absolute atomic E-state index is 12.7. The van der Waals surface area contributed by atoms with Gasteiger partial charge in [0, 0.05) is 6.08 Å². The van der Waals surface area contributed by atoms with Gasteiger partial charge in [-0.15, -0.1) is 0 Å². The molecule has 0 aliphatic carbocycles. The zero-order chi connectivity index (χ0) is 24.1. The molecule has 0 fully saturated rings. The van der Waals surface area contributed by atoms with Gasteiger partial charge in [-0.25, -0.2) is 0 Å². The highest BCUT2D eigenvalue weighted by Crippen LogP contribution is 2.38. The normalized spacial score (nSPS) is 11.8. The highest BCUT2D eigenvalue weighted by molar-refractivity contribution is 7.16. The second-order valence-corrected chi connectivity index (χ2v) is 8.20. The zero-order valence-electron chi connectivity index (χ0n) is 19.4. The van der Waals surface area contributed by atoms with Crippen LogP contribution in [0.25, 0.3) is 16.3 Å². The Kier molecular flexibility index (Phi) is 7.55. The van der Waals surface area contributed by atoms with Crippen LogP contribution in [0, 0.1) is 13.8 Å². The van der Waals surface area contributed by atoms with Crippen LogP contribution in [-0.2, 0) is 20.9 Å². The molecule has 0 spiro atoms. The lowest BCUT2D eigenvalue weighted by molar-refractivity contribution is -0.141. The van der Waals surface area contributed by atoms with Gasteiger partial charge in [-0.3, -0.25) is 9.59 Å². The first-order valence-electron chi connectivity index (χ1n) is 10.1. The Morgan fingerprint density at radius 2 is 1.67 bits per heavy atom. The van der Waals surface area contributed by atoms with Gasteiger partial charge in [0.15, 0.2) is 16.3 Å². The molecule has 0 saturated heterocycles. The largest absolute Gasteiger partial charge is 0.493 e. The quantitative estimate of drug-likeness (QED) is 0.387. The Labute approximate surface area is 195 Å². The molecule has 1 amide bonds. The minimum Gasteiger partial charge on any atom is -0.493 e. The minimum absolute atomic E-state index is 0.0396. The van der Waals surface area contributed by atoms with Crippen molar-refractivity contribution in [2.24, 2.45) is 4.99 Å². The molecule has 8 nitrogen and oxygen atoms in total. The summed E-state index contributed by atoms with van der Waals surface area (Å²) >= 11 is 1.36. The zero-order valence-corrected chi connectivity index (χ0v) is 20.2. The predicted octanol–water partition coefficient (Wildman–Crippen LogP) is 3.66. The molecule has 3 aromatic rings. The van der Waals surface area contributed by atoms with E-state index < -0.39 is 11.9 Å². The Balaban J connectivity index is 2.03.